The van der Waals surface area contributed by atoms with E-state index in [1.54, 1.807) is 23.1 Å². The zero-order valence-corrected chi connectivity index (χ0v) is 13.5. The van der Waals surface area contributed by atoms with E-state index in [4.69, 9.17) is 0 Å². The third kappa shape index (κ3) is 3.12. The maximum absolute atomic E-state index is 12.4. The minimum atomic E-state index is -0.215. The molecule has 1 fully saturated rings. The van der Waals surface area contributed by atoms with Crippen LogP contribution < -0.4 is 5.32 Å². The number of benzene rings is 1. The molecule has 2 unspecified atom stereocenters. The second kappa shape index (κ2) is 6.12. The Morgan fingerprint density at radius 3 is 2.78 bits per heavy atom. The van der Waals surface area contributed by atoms with E-state index in [2.05, 4.69) is 15.4 Å². The van der Waals surface area contributed by atoms with Gasteiger partial charge in [0.05, 0.1) is 6.61 Å². The first-order chi connectivity index (χ1) is 11.0. The van der Waals surface area contributed by atoms with Gasteiger partial charge in [0.1, 0.15) is 6.33 Å². The molecule has 1 aromatic carbocycles. The molecule has 1 aliphatic carbocycles. The van der Waals surface area contributed by atoms with Gasteiger partial charge in [-0.15, -0.1) is 0 Å². The molecule has 2 N–H and O–H groups in total. The third-order valence-electron chi connectivity index (χ3n) is 4.75. The Balaban J connectivity index is 1.71. The fourth-order valence-electron chi connectivity index (χ4n) is 3.15. The number of nitrogens with one attached hydrogen (secondary N) is 1. The molecule has 3 rings (SSSR count). The lowest BCUT2D eigenvalue weighted by molar-refractivity contribution is 0.0830. The lowest BCUT2D eigenvalue weighted by atomic mass is 9.85. The predicted molar refractivity (Wildman–Crippen MR) is 86.7 cm³/mol. The lowest BCUT2D eigenvalue weighted by Crippen LogP contribution is -2.44. The minimum absolute atomic E-state index is 0.0251. The Kier molecular flexibility index (Phi) is 4.17. The molecule has 0 saturated heterocycles. The van der Waals surface area contributed by atoms with E-state index in [-0.39, 0.29) is 24.0 Å². The van der Waals surface area contributed by atoms with Gasteiger partial charge in [0.15, 0.2) is 5.82 Å². The minimum Gasteiger partial charge on any atom is -0.396 e. The summed E-state index contributed by atoms with van der Waals surface area (Å²) in [6.07, 6.45) is 4.54. The fourth-order valence-corrected chi connectivity index (χ4v) is 3.15. The van der Waals surface area contributed by atoms with E-state index in [0.29, 0.717) is 11.4 Å². The van der Waals surface area contributed by atoms with Crippen LogP contribution in [0.25, 0.3) is 11.4 Å². The van der Waals surface area contributed by atoms with Gasteiger partial charge in [-0.25, -0.2) is 4.98 Å². The van der Waals surface area contributed by atoms with Gasteiger partial charge >= 0.3 is 0 Å². The van der Waals surface area contributed by atoms with Gasteiger partial charge in [0.2, 0.25) is 0 Å². The van der Waals surface area contributed by atoms with Crippen LogP contribution in [-0.4, -0.2) is 38.4 Å². The molecule has 1 amide bonds. The largest absolute Gasteiger partial charge is 0.396 e. The van der Waals surface area contributed by atoms with E-state index in [1.165, 1.54) is 0 Å². The lowest BCUT2D eigenvalue weighted by Gasteiger charge is -2.30. The molecule has 2 aromatic rings. The molecule has 0 radical (unpaired) electrons. The monoisotopic (exact) mass is 314 g/mol. The van der Waals surface area contributed by atoms with Crippen molar-refractivity contribution in [1.82, 2.24) is 20.1 Å². The average molecular weight is 314 g/mol. The first-order valence-corrected chi connectivity index (χ1v) is 7.90. The Morgan fingerprint density at radius 1 is 1.43 bits per heavy atom. The molecule has 6 heteroatoms. The van der Waals surface area contributed by atoms with E-state index in [1.807, 2.05) is 26.1 Å². The number of aliphatic hydroxyl groups excluding tert-OH is 1. The van der Waals surface area contributed by atoms with Crippen molar-refractivity contribution < 1.29 is 9.90 Å². The molecule has 0 spiro atoms. The standard InChI is InChI=1S/C17H22N4O2/c1-17(10-22)9-3-4-14(17)19-16(23)13-7-5-12(6-8-13)15-18-11-21(2)20-15/h5-8,11,14,22H,3-4,9-10H2,1-2H3,(H,19,23). The molecule has 122 valence electrons. The average Bonchev–Trinajstić information content (AvgIpc) is 3.15. The van der Waals surface area contributed by atoms with Gasteiger partial charge in [0.25, 0.3) is 5.91 Å². The van der Waals surface area contributed by atoms with Crippen LogP contribution in [0.1, 0.15) is 36.5 Å². The maximum Gasteiger partial charge on any atom is 0.251 e. The van der Waals surface area contributed by atoms with E-state index in [0.717, 1.165) is 24.8 Å². The fraction of sp³-hybridized carbons (Fsp3) is 0.471. The Bertz CT molecular complexity index is 695. The molecule has 1 aliphatic rings. The van der Waals surface area contributed by atoms with Crippen LogP contribution in [-0.2, 0) is 7.05 Å². The summed E-state index contributed by atoms with van der Waals surface area (Å²) in [5.41, 5.74) is 1.27. The molecule has 0 aliphatic heterocycles. The van der Waals surface area contributed by atoms with Gasteiger partial charge in [-0.2, -0.15) is 5.10 Å². The molecule has 1 aromatic heterocycles. The van der Waals surface area contributed by atoms with E-state index >= 15 is 0 Å². The Labute approximate surface area is 135 Å². The normalized spacial score (nSPS) is 23.9. The summed E-state index contributed by atoms with van der Waals surface area (Å²) < 4.78 is 1.64. The van der Waals surface area contributed by atoms with Crippen LogP contribution in [0, 0.1) is 5.41 Å². The van der Waals surface area contributed by atoms with Crippen LogP contribution in [0.4, 0.5) is 0 Å². The number of rotatable bonds is 4. The van der Waals surface area contributed by atoms with Gasteiger partial charge < -0.3 is 10.4 Å². The highest BCUT2D eigenvalue weighted by Gasteiger charge is 2.39. The third-order valence-corrected chi connectivity index (χ3v) is 4.75. The molecular formula is C17H22N4O2. The van der Waals surface area contributed by atoms with Crippen molar-refractivity contribution in [1.29, 1.82) is 0 Å². The highest BCUT2D eigenvalue weighted by Crippen LogP contribution is 2.37. The molecule has 23 heavy (non-hydrogen) atoms. The SMILES string of the molecule is Cn1cnc(-c2ccc(C(=O)NC3CCCC3(C)CO)cc2)n1. The van der Waals surface area contributed by atoms with Crippen LogP contribution in [0.2, 0.25) is 0 Å². The summed E-state index contributed by atoms with van der Waals surface area (Å²) in [5.74, 6) is 0.542. The Morgan fingerprint density at radius 2 is 2.17 bits per heavy atom. The summed E-state index contributed by atoms with van der Waals surface area (Å²) >= 11 is 0. The second-order valence-electron chi connectivity index (χ2n) is 6.55. The van der Waals surface area contributed by atoms with Crippen LogP contribution in [0.3, 0.4) is 0 Å². The zero-order chi connectivity index (χ0) is 16.4. The van der Waals surface area contributed by atoms with E-state index < -0.39 is 0 Å². The summed E-state index contributed by atoms with van der Waals surface area (Å²) in [5, 5.41) is 16.9. The van der Waals surface area contributed by atoms with Gasteiger partial charge in [-0.1, -0.05) is 25.5 Å². The van der Waals surface area contributed by atoms with Crippen molar-refractivity contribution in [3.05, 3.63) is 36.2 Å². The number of carbonyl (C=O) groups is 1. The highest BCUT2D eigenvalue weighted by molar-refractivity contribution is 5.94. The van der Waals surface area contributed by atoms with Crippen molar-refractivity contribution in [2.24, 2.45) is 12.5 Å². The summed E-state index contributed by atoms with van der Waals surface area (Å²) in [6, 6.07) is 7.30. The second-order valence-corrected chi connectivity index (χ2v) is 6.55. The first kappa shape index (κ1) is 15.7. The van der Waals surface area contributed by atoms with Crippen molar-refractivity contribution in [2.45, 2.75) is 32.2 Å². The number of aryl methyl sites for hydroxylation is 1. The topological polar surface area (TPSA) is 80.0 Å². The molecule has 0 bridgehead atoms. The van der Waals surface area contributed by atoms with Crippen LogP contribution in [0.5, 0.6) is 0 Å². The summed E-state index contributed by atoms with van der Waals surface area (Å²) in [4.78, 5) is 16.6. The van der Waals surface area contributed by atoms with Gasteiger partial charge in [-0.05, 0) is 25.0 Å². The first-order valence-electron chi connectivity index (χ1n) is 7.90. The molecule has 1 saturated carbocycles. The van der Waals surface area contributed by atoms with Crippen LogP contribution in [0.15, 0.2) is 30.6 Å². The molecule has 2 atom stereocenters. The quantitative estimate of drug-likeness (QED) is 0.901. The van der Waals surface area contributed by atoms with Gasteiger partial charge in [0, 0.05) is 29.6 Å². The van der Waals surface area contributed by atoms with Crippen LogP contribution >= 0.6 is 0 Å². The summed E-state index contributed by atoms with van der Waals surface area (Å²) in [6.45, 7) is 2.13. The smallest absolute Gasteiger partial charge is 0.251 e. The van der Waals surface area contributed by atoms with Crippen molar-refractivity contribution >= 4 is 5.91 Å². The van der Waals surface area contributed by atoms with Crippen molar-refractivity contribution in [3.8, 4) is 11.4 Å². The maximum atomic E-state index is 12.4. The number of hydrogen-bond donors (Lipinski definition) is 2. The number of amides is 1. The zero-order valence-electron chi connectivity index (χ0n) is 13.5. The number of aromatic nitrogens is 3. The van der Waals surface area contributed by atoms with E-state index in [9.17, 15) is 9.90 Å². The molecule has 1 heterocycles. The molecular weight excluding hydrogens is 292 g/mol. The van der Waals surface area contributed by atoms with Crippen molar-refractivity contribution in [3.63, 3.8) is 0 Å². The van der Waals surface area contributed by atoms with Gasteiger partial charge in [-0.3, -0.25) is 9.48 Å². The number of nitrogens with zero attached hydrogens (tertiary/aromatic N) is 3. The number of hydrogen-bond acceptors (Lipinski definition) is 4. The number of aliphatic hydroxyl groups is 1. The summed E-state index contributed by atoms with van der Waals surface area (Å²) in [7, 11) is 1.82. The van der Waals surface area contributed by atoms with Crippen molar-refractivity contribution in [2.75, 3.05) is 6.61 Å². The predicted octanol–water partition coefficient (Wildman–Crippen LogP) is 1.76. The molecule has 6 nitrogen and oxygen atoms in total. The number of carbonyl (C=O) groups excluding carboxylic acids is 1. The highest BCUT2D eigenvalue weighted by atomic mass is 16.3. The Hall–Kier alpha value is -2.21.